The molecule has 0 aliphatic carbocycles. The maximum Gasteiger partial charge on any atom is 0.307 e. The molecule has 0 heterocycles. The topological polar surface area (TPSA) is 137 Å². The van der Waals surface area contributed by atoms with Crippen LogP contribution in [0.1, 0.15) is 290 Å². The second kappa shape index (κ2) is 53.8. The molecule has 0 unspecified atom stereocenters. The van der Waals surface area contributed by atoms with Crippen LogP contribution in [0.5, 0.6) is 0 Å². The Bertz CT molecular complexity index is 1340. The predicted molar refractivity (Wildman–Crippen MR) is 298 cm³/mol. The Balaban J connectivity index is 4.98. The molecular weight excluding hydrogens is 911 g/mol. The lowest BCUT2D eigenvalue weighted by Crippen LogP contribution is -2.46. The zero-order valence-electron chi connectivity index (χ0n) is 46.3. The molecule has 0 aliphatic rings. The number of carbonyl (C=O) groups is 3. The SMILES string of the molecule is CCCCCCCCC=CCCCCCCCC(=O)OCC(COC(=O)CCCCCCCC=CCCCCCCCC)N(CCS(=O)(=O)O)COC(=O)CCCCCCCC=CCCCCCCCC. The van der Waals surface area contributed by atoms with Gasteiger partial charge in [-0.25, -0.2) is 0 Å². The van der Waals surface area contributed by atoms with Crippen molar-refractivity contribution in [2.24, 2.45) is 0 Å². The van der Waals surface area contributed by atoms with Crippen molar-refractivity contribution in [1.29, 1.82) is 0 Å². The Morgan fingerprint density at radius 2 is 0.648 bits per heavy atom. The first kappa shape index (κ1) is 68.5. The summed E-state index contributed by atoms with van der Waals surface area (Å²) in [6.45, 7) is 5.89. The quantitative estimate of drug-likeness (QED) is 0.0157. The number of carbonyl (C=O) groups excluding carboxylic acids is 3. The molecule has 0 aromatic heterocycles. The highest BCUT2D eigenvalue weighted by Gasteiger charge is 2.25. The van der Waals surface area contributed by atoms with Gasteiger partial charge in [0.1, 0.15) is 19.9 Å². The summed E-state index contributed by atoms with van der Waals surface area (Å²) < 4.78 is 50.4. The van der Waals surface area contributed by atoms with E-state index in [2.05, 4.69) is 57.2 Å². The average Bonchev–Trinajstić information content (AvgIpc) is 3.35. The van der Waals surface area contributed by atoms with Gasteiger partial charge in [0.25, 0.3) is 10.1 Å². The molecule has 1 N–H and O–H groups in total. The monoisotopic (exact) mass is 1020 g/mol. The fraction of sp³-hybridized carbons (Fsp3) is 0.850. The van der Waals surface area contributed by atoms with Gasteiger partial charge in [-0.2, -0.15) is 8.42 Å². The van der Waals surface area contributed by atoms with Crippen molar-refractivity contribution in [3.05, 3.63) is 36.5 Å². The van der Waals surface area contributed by atoms with Crippen LogP contribution in [0, 0.1) is 0 Å². The fourth-order valence-corrected chi connectivity index (χ4v) is 9.08. The summed E-state index contributed by atoms with van der Waals surface area (Å²) in [5.41, 5.74) is 0. The molecule has 10 nitrogen and oxygen atoms in total. The Hall–Kier alpha value is -2.50. The van der Waals surface area contributed by atoms with Crippen molar-refractivity contribution < 1.29 is 41.6 Å². The van der Waals surface area contributed by atoms with E-state index >= 15 is 0 Å². The number of hydrogen-bond donors (Lipinski definition) is 1. The van der Waals surface area contributed by atoms with Crippen LogP contribution in [0.25, 0.3) is 0 Å². The first-order chi connectivity index (χ1) is 34.6. The smallest absolute Gasteiger partial charge is 0.307 e. The van der Waals surface area contributed by atoms with E-state index in [0.717, 1.165) is 116 Å². The van der Waals surface area contributed by atoms with Gasteiger partial charge in [0.05, 0.1) is 11.8 Å². The van der Waals surface area contributed by atoms with Crippen molar-refractivity contribution in [3.8, 4) is 0 Å². The van der Waals surface area contributed by atoms with Crippen LogP contribution in [0.4, 0.5) is 0 Å². The Kier molecular flexibility index (Phi) is 51.9. The van der Waals surface area contributed by atoms with Crippen molar-refractivity contribution >= 4 is 28.0 Å². The third kappa shape index (κ3) is 53.6. The number of nitrogens with zero attached hydrogens (tertiary/aromatic N) is 1. The number of rotatable bonds is 55. The summed E-state index contributed by atoms with van der Waals surface area (Å²) in [4.78, 5) is 40.2. The molecule has 11 heteroatoms. The summed E-state index contributed by atoms with van der Waals surface area (Å²) in [6.07, 6.45) is 59.7. The van der Waals surface area contributed by atoms with Gasteiger partial charge in [-0.05, 0) is 96.3 Å². The van der Waals surface area contributed by atoms with Crippen LogP contribution >= 0.6 is 0 Å². The normalized spacial score (nSPS) is 12.5. The number of allylic oxidation sites excluding steroid dienone is 6. The summed E-state index contributed by atoms with van der Waals surface area (Å²) >= 11 is 0. The van der Waals surface area contributed by atoms with Crippen LogP contribution in [-0.2, 0) is 38.7 Å². The first-order valence-corrected chi connectivity index (χ1v) is 31.3. The van der Waals surface area contributed by atoms with Gasteiger partial charge in [-0.15, -0.1) is 0 Å². The van der Waals surface area contributed by atoms with E-state index in [4.69, 9.17) is 14.2 Å². The van der Waals surface area contributed by atoms with Gasteiger partial charge in [-0.3, -0.25) is 23.8 Å². The van der Waals surface area contributed by atoms with Crippen molar-refractivity contribution in [2.75, 3.05) is 32.2 Å². The minimum atomic E-state index is -4.37. The van der Waals surface area contributed by atoms with Gasteiger partial charge in [0, 0.05) is 25.8 Å². The Labute approximate surface area is 437 Å². The standard InChI is InChI=1S/C60H111NO9S/c1-4-7-10-13-16-19-22-25-28-31-34-37-40-43-46-49-58(62)68-54-57(55-69-59(63)50-47-44-41-38-35-32-29-26-23-20-17-14-11-8-5-2)61(52-53-71(65,66)67)56-70-60(64)51-48-45-42-39-36-33-30-27-24-21-18-15-12-9-6-3/h25-30,57H,4-24,31-56H2,1-3H3,(H,65,66,67). The van der Waals surface area contributed by atoms with Gasteiger partial charge in [-0.1, -0.05) is 211 Å². The maximum absolute atomic E-state index is 12.9. The molecule has 71 heavy (non-hydrogen) atoms. The lowest BCUT2D eigenvalue weighted by molar-refractivity contribution is -0.158. The van der Waals surface area contributed by atoms with Gasteiger partial charge < -0.3 is 14.2 Å². The molecule has 0 saturated carbocycles. The van der Waals surface area contributed by atoms with Crippen LogP contribution in [0.15, 0.2) is 36.5 Å². The molecule has 0 bridgehead atoms. The minimum absolute atomic E-state index is 0.179. The molecule has 0 aromatic rings. The molecule has 0 radical (unpaired) electrons. The zero-order chi connectivity index (χ0) is 52.0. The van der Waals surface area contributed by atoms with Crippen molar-refractivity contribution in [1.82, 2.24) is 4.90 Å². The summed E-state index contributed by atoms with van der Waals surface area (Å²) in [6, 6.07) is -0.777. The average molecular weight is 1020 g/mol. The van der Waals surface area contributed by atoms with Gasteiger partial charge in [0.2, 0.25) is 0 Å². The Morgan fingerprint density at radius 1 is 0.394 bits per heavy atom. The largest absolute Gasteiger partial charge is 0.464 e. The Morgan fingerprint density at radius 3 is 0.930 bits per heavy atom. The minimum Gasteiger partial charge on any atom is -0.464 e. The van der Waals surface area contributed by atoms with E-state index in [-0.39, 0.29) is 57.7 Å². The van der Waals surface area contributed by atoms with Crippen LogP contribution in [0.3, 0.4) is 0 Å². The van der Waals surface area contributed by atoms with E-state index in [9.17, 15) is 27.4 Å². The molecule has 0 rings (SSSR count). The summed E-state index contributed by atoms with van der Waals surface area (Å²) in [5.74, 6) is -1.81. The molecule has 0 saturated heterocycles. The van der Waals surface area contributed by atoms with E-state index in [1.807, 2.05) is 0 Å². The van der Waals surface area contributed by atoms with Gasteiger partial charge in [0.15, 0.2) is 0 Å². The number of ether oxygens (including phenoxy) is 3. The van der Waals surface area contributed by atoms with Crippen molar-refractivity contribution in [3.63, 3.8) is 0 Å². The van der Waals surface area contributed by atoms with Gasteiger partial charge >= 0.3 is 17.9 Å². The number of esters is 3. The highest BCUT2D eigenvalue weighted by molar-refractivity contribution is 7.85. The highest BCUT2D eigenvalue weighted by atomic mass is 32.2. The highest BCUT2D eigenvalue weighted by Crippen LogP contribution is 2.15. The molecule has 0 amide bonds. The molecule has 0 spiro atoms. The number of unbranched alkanes of at least 4 members (excludes halogenated alkanes) is 33. The van der Waals surface area contributed by atoms with E-state index in [0.29, 0.717) is 19.3 Å². The van der Waals surface area contributed by atoms with Crippen LogP contribution < -0.4 is 0 Å². The summed E-state index contributed by atoms with van der Waals surface area (Å²) in [5, 5.41) is 0. The first-order valence-electron chi connectivity index (χ1n) is 29.7. The molecule has 0 atom stereocenters. The van der Waals surface area contributed by atoms with Crippen LogP contribution in [-0.4, -0.2) is 74.1 Å². The molecule has 416 valence electrons. The molecule has 0 fully saturated rings. The summed E-state index contributed by atoms with van der Waals surface area (Å²) in [7, 11) is -4.37. The van der Waals surface area contributed by atoms with E-state index < -0.39 is 27.9 Å². The predicted octanol–water partition coefficient (Wildman–Crippen LogP) is 17.2. The molecule has 0 aromatic carbocycles. The molecule has 0 aliphatic heterocycles. The number of hydrogen-bond acceptors (Lipinski definition) is 9. The van der Waals surface area contributed by atoms with E-state index in [1.54, 1.807) is 0 Å². The third-order valence-corrected chi connectivity index (χ3v) is 14.0. The maximum atomic E-state index is 12.9. The third-order valence-electron chi connectivity index (χ3n) is 13.3. The lowest BCUT2D eigenvalue weighted by Gasteiger charge is -2.30. The van der Waals surface area contributed by atoms with Crippen molar-refractivity contribution in [2.45, 2.75) is 296 Å². The lowest BCUT2D eigenvalue weighted by atomic mass is 10.1. The zero-order valence-corrected chi connectivity index (χ0v) is 47.2. The van der Waals surface area contributed by atoms with Crippen LogP contribution in [0.2, 0.25) is 0 Å². The second-order valence-electron chi connectivity index (χ2n) is 20.3. The second-order valence-corrected chi connectivity index (χ2v) is 21.8. The van der Waals surface area contributed by atoms with E-state index in [1.165, 1.54) is 120 Å². The molecular formula is C60H111NO9S. The fourth-order valence-electron chi connectivity index (χ4n) is 8.61.